The number of nitrogens with zero attached hydrogens (tertiary/aromatic N) is 2. The van der Waals surface area contributed by atoms with Gasteiger partial charge in [0.15, 0.2) is 5.96 Å². The van der Waals surface area contributed by atoms with Gasteiger partial charge in [-0.05, 0) is 41.4 Å². The van der Waals surface area contributed by atoms with Crippen molar-refractivity contribution in [3.05, 3.63) is 22.4 Å². The van der Waals surface area contributed by atoms with Gasteiger partial charge in [-0.25, -0.2) is 0 Å². The third-order valence-electron chi connectivity index (χ3n) is 3.28. The third-order valence-corrected chi connectivity index (χ3v) is 3.99. The highest BCUT2D eigenvalue weighted by Crippen LogP contribution is 2.22. The van der Waals surface area contributed by atoms with E-state index in [2.05, 4.69) is 59.7 Å². The van der Waals surface area contributed by atoms with E-state index >= 15 is 0 Å². The van der Waals surface area contributed by atoms with Gasteiger partial charge in [0.25, 0.3) is 0 Å². The highest BCUT2D eigenvalue weighted by Gasteiger charge is 2.18. The van der Waals surface area contributed by atoms with Crippen LogP contribution in [0.2, 0.25) is 0 Å². The maximum absolute atomic E-state index is 5.93. The monoisotopic (exact) mass is 424 g/mol. The number of rotatable bonds is 8. The van der Waals surface area contributed by atoms with E-state index in [0.29, 0.717) is 17.9 Å². The van der Waals surface area contributed by atoms with Crippen LogP contribution in [0.4, 0.5) is 0 Å². The number of thiophene rings is 1. The van der Waals surface area contributed by atoms with Gasteiger partial charge < -0.3 is 11.1 Å². The van der Waals surface area contributed by atoms with Crippen molar-refractivity contribution in [2.45, 2.75) is 33.7 Å². The van der Waals surface area contributed by atoms with E-state index < -0.39 is 0 Å². The largest absolute Gasteiger partial charge is 0.370 e. The van der Waals surface area contributed by atoms with Crippen molar-refractivity contribution >= 4 is 41.3 Å². The molecule has 0 aliphatic rings. The summed E-state index contributed by atoms with van der Waals surface area (Å²) in [5.41, 5.74) is 7.28. The number of halogens is 1. The molecule has 1 aromatic rings. The zero-order valence-electron chi connectivity index (χ0n) is 13.5. The zero-order chi connectivity index (χ0) is 15.0. The summed E-state index contributed by atoms with van der Waals surface area (Å²) >= 11 is 1.74. The Hall–Kier alpha value is -0.340. The fraction of sp³-hybridized carbons (Fsp3) is 0.667. The standard InChI is InChI=1S/C15H28N4S.HI/c1-5-19(6-2)14(13-7-8-20-11-13)10-18-15(16)17-9-12(3)4;/h7-8,11-12,14H,5-6,9-10H2,1-4H3,(H3,16,17,18);1H. The van der Waals surface area contributed by atoms with E-state index in [1.165, 1.54) is 5.56 Å². The molecule has 0 aliphatic heterocycles. The SMILES string of the molecule is CCN(CC)C(CNC(N)=NCC(C)C)c1ccsc1.I. The summed E-state index contributed by atoms with van der Waals surface area (Å²) in [6.45, 7) is 12.3. The summed E-state index contributed by atoms with van der Waals surface area (Å²) in [6, 6.07) is 2.54. The molecule has 0 fully saturated rings. The predicted octanol–water partition coefficient (Wildman–Crippen LogP) is 3.31. The van der Waals surface area contributed by atoms with Gasteiger partial charge >= 0.3 is 0 Å². The average Bonchev–Trinajstić information content (AvgIpc) is 2.94. The molecule has 0 bridgehead atoms. The van der Waals surface area contributed by atoms with Crippen molar-refractivity contribution in [1.82, 2.24) is 10.2 Å². The average molecular weight is 424 g/mol. The van der Waals surface area contributed by atoms with Gasteiger partial charge in [0.2, 0.25) is 0 Å². The molecule has 122 valence electrons. The second-order valence-electron chi connectivity index (χ2n) is 5.29. The maximum Gasteiger partial charge on any atom is 0.188 e. The molecule has 0 radical (unpaired) electrons. The summed E-state index contributed by atoms with van der Waals surface area (Å²) in [5, 5.41) is 7.61. The fourth-order valence-electron chi connectivity index (χ4n) is 2.12. The first-order valence-electron chi connectivity index (χ1n) is 7.38. The van der Waals surface area contributed by atoms with Crippen LogP contribution in [0.3, 0.4) is 0 Å². The number of aliphatic imine (C=N–C) groups is 1. The van der Waals surface area contributed by atoms with Gasteiger partial charge in [0, 0.05) is 13.1 Å². The second-order valence-corrected chi connectivity index (χ2v) is 6.07. The lowest BCUT2D eigenvalue weighted by molar-refractivity contribution is 0.219. The number of hydrogen-bond donors (Lipinski definition) is 2. The Morgan fingerprint density at radius 3 is 2.52 bits per heavy atom. The van der Waals surface area contributed by atoms with Gasteiger partial charge in [0.05, 0.1) is 6.04 Å². The molecule has 21 heavy (non-hydrogen) atoms. The van der Waals surface area contributed by atoms with Crippen molar-refractivity contribution in [2.24, 2.45) is 16.6 Å². The van der Waals surface area contributed by atoms with Crippen LogP contribution in [-0.2, 0) is 0 Å². The number of likely N-dealkylation sites (N-methyl/N-ethyl adjacent to an activating group) is 1. The molecule has 0 aliphatic carbocycles. The molecule has 1 rings (SSSR count). The van der Waals surface area contributed by atoms with Crippen LogP contribution in [0.25, 0.3) is 0 Å². The molecule has 6 heteroatoms. The number of hydrogen-bond acceptors (Lipinski definition) is 3. The molecule has 3 N–H and O–H groups in total. The Balaban J connectivity index is 0.00000400. The summed E-state index contributed by atoms with van der Waals surface area (Å²) in [5.74, 6) is 1.08. The first kappa shape index (κ1) is 20.7. The minimum absolute atomic E-state index is 0. The summed E-state index contributed by atoms with van der Waals surface area (Å²) in [4.78, 5) is 6.79. The Labute approximate surface area is 150 Å². The lowest BCUT2D eigenvalue weighted by Gasteiger charge is -2.29. The van der Waals surface area contributed by atoms with E-state index in [4.69, 9.17) is 5.73 Å². The Kier molecular flexibility index (Phi) is 11.1. The van der Waals surface area contributed by atoms with E-state index in [9.17, 15) is 0 Å². The molecule has 1 aromatic heterocycles. The molecule has 1 heterocycles. The van der Waals surface area contributed by atoms with Gasteiger partial charge in [-0.15, -0.1) is 24.0 Å². The van der Waals surface area contributed by atoms with Crippen LogP contribution in [0, 0.1) is 5.92 Å². The molecular weight excluding hydrogens is 395 g/mol. The van der Waals surface area contributed by atoms with Crippen LogP contribution >= 0.6 is 35.3 Å². The molecule has 1 atom stereocenters. The molecule has 0 amide bonds. The molecular formula is C15H29IN4S. The molecule has 0 saturated heterocycles. The van der Waals surface area contributed by atoms with Crippen LogP contribution in [-0.4, -0.2) is 37.0 Å². The normalized spacial score (nSPS) is 13.3. The Morgan fingerprint density at radius 1 is 1.38 bits per heavy atom. The number of nitrogens with one attached hydrogen (secondary N) is 1. The topological polar surface area (TPSA) is 53.6 Å². The van der Waals surface area contributed by atoms with E-state index in [0.717, 1.165) is 26.2 Å². The molecule has 0 aromatic carbocycles. The van der Waals surface area contributed by atoms with E-state index in [-0.39, 0.29) is 24.0 Å². The van der Waals surface area contributed by atoms with Crippen LogP contribution in [0.15, 0.2) is 21.8 Å². The van der Waals surface area contributed by atoms with Crippen molar-refractivity contribution in [3.63, 3.8) is 0 Å². The quantitative estimate of drug-likeness (QED) is 0.383. The first-order valence-corrected chi connectivity index (χ1v) is 8.32. The van der Waals surface area contributed by atoms with Crippen molar-refractivity contribution in [1.29, 1.82) is 0 Å². The first-order chi connectivity index (χ1) is 9.58. The zero-order valence-corrected chi connectivity index (χ0v) is 16.7. The minimum Gasteiger partial charge on any atom is -0.370 e. The molecule has 1 unspecified atom stereocenters. The van der Waals surface area contributed by atoms with Gasteiger partial charge in [-0.1, -0.05) is 27.7 Å². The molecule has 0 saturated carbocycles. The number of nitrogens with two attached hydrogens (primary N) is 1. The van der Waals surface area contributed by atoms with E-state index in [1.54, 1.807) is 11.3 Å². The van der Waals surface area contributed by atoms with Crippen LogP contribution in [0.1, 0.15) is 39.3 Å². The highest BCUT2D eigenvalue weighted by atomic mass is 127. The number of guanidine groups is 1. The van der Waals surface area contributed by atoms with Gasteiger partial charge in [-0.3, -0.25) is 9.89 Å². The van der Waals surface area contributed by atoms with Crippen molar-refractivity contribution < 1.29 is 0 Å². The van der Waals surface area contributed by atoms with Gasteiger partial charge in [0.1, 0.15) is 0 Å². The van der Waals surface area contributed by atoms with E-state index in [1.807, 2.05) is 0 Å². The van der Waals surface area contributed by atoms with Crippen LogP contribution in [0.5, 0.6) is 0 Å². The van der Waals surface area contributed by atoms with Gasteiger partial charge in [-0.2, -0.15) is 11.3 Å². The third kappa shape index (κ3) is 7.46. The Morgan fingerprint density at radius 2 is 2.05 bits per heavy atom. The van der Waals surface area contributed by atoms with Crippen LogP contribution < -0.4 is 11.1 Å². The molecule has 0 spiro atoms. The minimum atomic E-state index is 0. The van der Waals surface area contributed by atoms with Crippen molar-refractivity contribution in [2.75, 3.05) is 26.2 Å². The lowest BCUT2D eigenvalue weighted by atomic mass is 10.1. The summed E-state index contributed by atoms with van der Waals surface area (Å²) in [7, 11) is 0. The van der Waals surface area contributed by atoms with Crippen molar-refractivity contribution in [3.8, 4) is 0 Å². The fourth-order valence-corrected chi connectivity index (χ4v) is 2.83. The smallest absolute Gasteiger partial charge is 0.188 e. The maximum atomic E-state index is 5.93. The lowest BCUT2D eigenvalue weighted by Crippen LogP contribution is -2.41. The summed E-state index contributed by atoms with van der Waals surface area (Å²) < 4.78 is 0. The predicted molar refractivity (Wildman–Crippen MR) is 105 cm³/mol. The molecule has 4 nitrogen and oxygen atoms in total. The second kappa shape index (κ2) is 11.3. The highest BCUT2D eigenvalue weighted by molar-refractivity contribution is 14.0. The summed E-state index contributed by atoms with van der Waals surface area (Å²) in [6.07, 6.45) is 0. The Bertz CT molecular complexity index is 388.